The first kappa shape index (κ1) is 17.0. The summed E-state index contributed by atoms with van der Waals surface area (Å²) in [5, 5.41) is 10.3. The molecule has 126 valence electrons. The lowest BCUT2D eigenvalue weighted by atomic mass is 9.95. The number of carbonyl (C=O) groups is 1. The number of fused-ring (bicyclic) bond motifs is 1. The van der Waals surface area contributed by atoms with Gasteiger partial charge in [-0.3, -0.25) is 4.79 Å². The van der Waals surface area contributed by atoms with Gasteiger partial charge in [0.05, 0.1) is 5.02 Å². The summed E-state index contributed by atoms with van der Waals surface area (Å²) in [6.45, 7) is 0.966. The van der Waals surface area contributed by atoms with Crippen molar-refractivity contribution in [3.63, 3.8) is 0 Å². The number of carbonyl (C=O) groups excluding carboxylic acids is 1. The molecule has 0 saturated carbocycles. The Morgan fingerprint density at radius 1 is 1.29 bits per heavy atom. The lowest BCUT2D eigenvalue weighted by Crippen LogP contribution is -2.33. The molecule has 1 heterocycles. The van der Waals surface area contributed by atoms with E-state index < -0.39 is 0 Å². The van der Waals surface area contributed by atoms with E-state index in [-0.39, 0.29) is 5.75 Å². The van der Waals surface area contributed by atoms with Gasteiger partial charge in [0.15, 0.2) is 0 Å². The molecule has 1 unspecified atom stereocenters. The molecule has 0 spiro atoms. The van der Waals surface area contributed by atoms with Crippen LogP contribution < -0.4 is 0 Å². The largest absolute Gasteiger partial charge is 0.506 e. The molecular formula is C20H22ClNO2. The average molecular weight is 344 g/mol. The molecule has 0 amide bonds. The molecule has 1 atom stereocenters. The quantitative estimate of drug-likeness (QED) is 0.856. The number of aromatic hydroxyl groups is 1. The Bertz CT molecular complexity index is 744. The summed E-state index contributed by atoms with van der Waals surface area (Å²) in [5.41, 5.74) is 4.28. The first-order valence-corrected chi connectivity index (χ1v) is 8.70. The SMILES string of the molecule is CN1CCc2cc(Cl)c(O)cc2CC1CCc1ccccc1C=O. The Kier molecular flexibility index (Phi) is 5.22. The molecule has 24 heavy (non-hydrogen) atoms. The third-order valence-corrected chi connectivity index (χ3v) is 5.31. The summed E-state index contributed by atoms with van der Waals surface area (Å²) in [6.07, 6.45) is 4.61. The lowest BCUT2D eigenvalue weighted by molar-refractivity contribution is 0.112. The highest BCUT2D eigenvalue weighted by atomic mass is 35.5. The van der Waals surface area contributed by atoms with Crippen molar-refractivity contribution in [2.75, 3.05) is 13.6 Å². The van der Waals surface area contributed by atoms with Crippen molar-refractivity contribution in [2.24, 2.45) is 0 Å². The third kappa shape index (κ3) is 3.63. The van der Waals surface area contributed by atoms with Crippen molar-refractivity contribution in [1.29, 1.82) is 0 Å². The first-order chi connectivity index (χ1) is 11.6. The second-order valence-electron chi connectivity index (χ2n) is 6.52. The highest BCUT2D eigenvalue weighted by Crippen LogP contribution is 2.31. The van der Waals surface area contributed by atoms with Crippen LogP contribution in [0.4, 0.5) is 0 Å². The van der Waals surface area contributed by atoms with Crippen molar-refractivity contribution >= 4 is 17.9 Å². The number of phenols is 1. The smallest absolute Gasteiger partial charge is 0.150 e. The molecule has 0 radical (unpaired) electrons. The second kappa shape index (κ2) is 7.37. The van der Waals surface area contributed by atoms with Crippen LogP contribution in [-0.2, 0) is 19.3 Å². The molecule has 3 nitrogen and oxygen atoms in total. The third-order valence-electron chi connectivity index (χ3n) is 5.01. The van der Waals surface area contributed by atoms with Gasteiger partial charge in [-0.05, 0) is 61.6 Å². The van der Waals surface area contributed by atoms with Crippen molar-refractivity contribution in [3.8, 4) is 5.75 Å². The fraction of sp³-hybridized carbons (Fsp3) is 0.350. The number of rotatable bonds is 4. The molecule has 0 aromatic heterocycles. The second-order valence-corrected chi connectivity index (χ2v) is 6.92. The summed E-state index contributed by atoms with van der Waals surface area (Å²) in [4.78, 5) is 13.5. The van der Waals surface area contributed by atoms with Crippen molar-refractivity contribution in [1.82, 2.24) is 4.90 Å². The summed E-state index contributed by atoms with van der Waals surface area (Å²) in [7, 11) is 2.14. The van der Waals surface area contributed by atoms with Crippen molar-refractivity contribution in [2.45, 2.75) is 31.7 Å². The van der Waals surface area contributed by atoms with E-state index in [2.05, 4.69) is 11.9 Å². The molecule has 2 aromatic carbocycles. The van der Waals surface area contributed by atoms with E-state index in [1.54, 1.807) is 0 Å². The molecule has 3 rings (SSSR count). The topological polar surface area (TPSA) is 40.5 Å². The van der Waals surface area contributed by atoms with Crippen LogP contribution in [0.15, 0.2) is 36.4 Å². The van der Waals surface area contributed by atoms with Crippen LogP contribution in [0.25, 0.3) is 0 Å². The minimum atomic E-state index is 0.157. The van der Waals surface area contributed by atoms with Gasteiger partial charge in [-0.15, -0.1) is 0 Å². The molecule has 1 aliphatic rings. The van der Waals surface area contributed by atoms with Crippen LogP contribution in [-0.4, -0.2) is 35.9 Å². The Morgan fingerprint density at radius 3 is 2.88 bits per heavy atom. The summed E-state index contributed by atoms with van der Waals surface area (Å²) in [6, 6.07) is 11.9. The molecular weight excluding hydrogens is 322 g/mol. The van der Waals surface area contributed by atoms with Gasteiger partial charge in [0, 0.05) is 18.2 Å². The molecule has 0 fully saturated rings. The normalized spacial score (nSPS) is 18.0. The van der Waals surface area contributed by atoms with Crippen LogP contribution in [0, 0.1) is 0 Å². The van der Waals surface area contributed by atoms with Crippen LogP contribution >= 0.6 is 11.6 Å². The van der Waals surface area contributed by atoms with Crippen LogP contribution in [0.5, 0.6) is 5.75 Å². The standard InChI is InChI=1S/C20H22ClNO2/c1-22-9-8-15-11-19(21)20(24)12-17(15)10-18(22)7-6-14-4-2-3-5-16(14)13-23/h2-5,11-13,18,24H,6-10H2,1H3. The van der Waals surface area contributed by atoms with E-state index in [1.165, 1.54) is 11.1 Å². The fourth-order valence-corrected chi connectivity index (χ4v) is 3.67. The summed E-state index contributed by atoms with van der Waals surface area (Å²) >= 11 is 6.05. The van der Waals surface area contributed by atoms with Gasteiger partial charge in [-0.2, -0.15) is 0 Å². The molecule has 2 aromatic rings. The predicted molar refractivity (Wildman–Crippen MR) is 97.1 cm³/mol. The fourth-order valence-electron chi connectivity index (χ4n) is 3.48. The van der Waals surface area contributed by atoms with E-state index in [9.17, 15) is 9.90 Å². The average Bonchev–Trinajstić information content (AvgIpc) is 2.73. The van der Waals surface area contributed by atoms with E-state index >= 15 is 0 Å². The van der Waals surface area contributed by atoms with Gasteiger partial charge in [0.2, 0.25) is 0 Å². The lowest BCUT2D eigenvalue weighted by Gasteiger charge is -2.26. The minimum absolute atomic E-state index is 0.157. The number of likely N-dealkylation sites (N-methyl/N-ethyl adjacent to an activating group) is 1. The number of halogens is 1. The van der Waals surface area contributed by atoms with E-state index in [4.69, 9.17) is 11.6 Å². The zero-order valence-electron chi connectivity index (χ0n) is 13.8. The van der Waals surface area contributed by atoms with E-state index in [0.29, 0.717) is 11.1 Å². The van der Waals surface area contributed by atoms with Crippen molar-refractivity contribution < 1.29 is 9.90 Å². The molecule has 0 aliphatic carbocycles. The van der Waals surface area contributed by atoms with E-state index in [1.807, 2.05) is 36.4 Å². The van der Waals surface area contributed by atoms with E-state index in [0.717, 1.165) is 49.6 Å². The monoisotopic (exact) mass is 343 g/mol. The Morgan fingerprint density at radius 2 is 2.08 bits per heavy atom. The number of nitrogens with zero attached hydrogens (tertiary/aromatic N) is 1. The highest BCUT2D eigenvalue weighted by molar-refractivity contribution is 6.32. The molecule has 4 heteroatoms. The number of aldehydes is 1. The number of hydrogen-bond donors (Lipinski definition) is 1. The molecule has 0 saturated heterocycles. The predicted octanol–water partition coefficient (Wildman–Crippen LogP) is 3.89. The molecule has 1 N–H and O–H groups in total. The zero-order valence-corrected chi connectivity index (χ0v) is 14.6. The van der Waals surface area contributed by atoms with Gasteiger partial charge in [-0.25, -0.2) is 0 Å². The maximum Gasteiger partial charge on any atom is 0.150 e. The van der Waals surface area contributed by atoms with Crippen LogP contribution in [0.1, 0.15) is 33.5 Å². The molecule has 1 aliphatic heterocycles. The Labute approximate surface area is 147 Å². The Hall–Kier alpha value is -1.84. The van der Waals surface area contributed by atoms with Gasteiger partial charge in [0.25, 0.3) is 0 Å². The number of hydrogen-bond acceptors (Lipinski definition) is 3. The van der Waals surface area contributed by atoms with Gasteiger partial charge in [-0.1, -0.05) is 35.9 Å². The van der Waals surface area contributed by atoms with Crippen LogP contribution in [0.3, 0.4) is 0 Å². The zero-order chi connectivity index (χ0) is 17.1. The summed E-state index contributed by atoms with van der Waals surface area (Å²) in [5.74, 6) is 0.157. The highest BCUT2D eigenvalue weighted by Gasteiger charge is 2.22. The van der Waals surface area contributed by atoms with Crippen LogP contribution in [0.2, 0.25) is 5.02 Å². The van der Waals surface area contributed by atoms with Gasteiger partial charge >= 0.3 is 0 Å². The number of phenolic OH excluding ortho intramolecular Hbond substituents is 1. The van der Waals surface area contributed by atoms with Gasteiger partial charge < -0.3 is 10.0 Å². The first-order valence-electron chi connectivity index (χ1n) is 8.32. The van der Waals surface area contributed by atoms with Gasteiger partial charge in [0.1, 0.15) is 12.0 Å². The summed E-state index contributed by atoms with van der Waals surface area (Å²) < 4.78 is 0. The Balaban J connectivity index is 1.77. The van der Waals surface area contributed by atoms with Crippen molar-refractivity contribution in [3.05, 3.63) is 63.7 Å². The maximum absolute atomic E-state index is 11.2. The molecule has 0 bridgehead atoms. The minimum Gasteiger partial charge on any atom is -0.506 e. The number of aryl methyl sites for hydroxylation is 1. The maximum atomic E-state index is 11.2. The number of benzene rings is 2.